The molecule has 1 aliphatic heterocycles. The Morgan fingerprint density at radius 1 is 1.05 bits per heavy atom. The zero-order valence-corrected chi connectivity index (χ0v) is 24.5. The van der Waals surface area contributed by atoms with Gasteiger partial charge in [-0.25, -0.2) is 4.79 Å². The Bertz CT molecular complexity index is 1040. The monoisotopic (exact) mass is 576 g/mol. The van der Waals surface area contributed by atoms with Gasteiger partial charge >= 0.3 is 17.6 Å². The van der Waals surface area contributed by atoms with Crippen LogP contribution < -0.4 is 11.2 Å². The summed E-state index contributed by atoms with van der Waals surface area (Å²) >= 11 is 0. The number of nitrogens with zero attached hydrogens (tertiary/aromatic N) is 1. The minimum atomic E-state index is -2.47. The van der Waals surface area contributed by atoms with E-state index in [-0.39, 0.29) is 31.5 Å². The normalized spacial score (nSPS) is 21.8. The fourth-order valence-electron chi connectivity index (χ4n) is 3.43. The molecule has 2 heterocycles. The van der Waals surface area contributed by atoms with Gasteiger partial charge in [0.1, 0.15) is 31.5 Å². The van der Waals surface area contributed by atoms with Gasteiger partial charge < -0.3 is 38.0 Å². The number of rotatable bonds is 14. The van der Waals surface area contributed by atoms with Crippen LogP contribution in [-0.4, -0.2) is 92.7 Å². The third-order valence-corrected chi connectivity index (χ3v) is 10.9. The van der Waals surface area contributed by atoms with Crippen molar-refractivity contribution in [3.05, 3.63) is 33.1 Å². The van der Waals surface area contributed by atoms with E-state index in [4.69, 9.17) is 32.8 Å². The van der Waals surface area contributed by atoms with Gasteiger partial charge in [-0.2, -0.15) is 0 Å². The van der Waals surface area contributed by atoms with Crippen LogP contribution in [0.25, 0.3) is 0 Å². The number of carbonyl (C=O) groups is 2. The van der Waals surface area contributed by atoms with Crippen LogP contribution in [0.5, 0.6) is 0 Å². The van der Waals surface area contributed by atoms with Crippen molar-refractivity contribution in [1.29, 1.82) is 0 Å². The van der Waals surface area contributed by atoms with E-state index in [0.29, 0.717) is 0 Å². The van der Waals surface area contributed by atoms with Crippen molar-refractivity contribution >= 4 is 20.3 Å². The molecule has 1 saturated heterocycles. The number of aliphatic hydroxyl groups excluding tert-OH is 1. The molecule has 2 unspecified atom stereocenters. The Morgan fingerprint density at radius 2 is 1.62 bits per heavy atom. The Hall–Kier alpha value is -2.40. The first-order valence-electron chi connectivity index (χ1n) is 12.6. The Morgan fingerprint density at radius 3 is 2.08 bits per heavy atom. The molecule has 4 atom stereocenters. The third kappa shape index (κ3) is 9.63. The lowest BCUT2D eigenvalue weighted by molar-refractivity contribution is -0.320. The van der Waals surface area contributed by atoms with Gasteiger partial charge in [0.05, 0.1) is 19.8 Å². The van der Waals surface area contributed by atoms with Gasteiger partial charge in [-0.05, 0) is 18.1 Å². The fraction of sp³-hybridized carbons (Fsp3) is 0.750. The van der Waals surface area contributed by atoms with E-state index < -0.39 is 69.1 Å². The van der Waals surface area contributed by atoms with Crippen molar-refractivity contribution in [2.24, 2.45) is 0 Å². The van der Waals surface area contributed by atoms with E-state index in [1.54, 1.807) is 0 Å². The molecule has 1 aromatic heterocycles. The van der Waals surface area contributed by atoms with Gasteiger partial charge in [0.25, 0.3) is 12.0 Å². The van der Waals surface area contributed by atoms with Gasteiger partial charge in [0.15, 0.2) is 14.5 Å². The molecule has 15 heteroatoms. The summed E-state index contributed by atoms with van der Waals surface area (Å²) in [6.45, 7) is 10.4. The fourth-order valence-corrected chi connectivity index (χ4v) is 4.75. The second-order valence-electron chi connectivity index (χ2n) is 10.4. The minimum absolute atomic E-state index is 0.0877. The molecule has 0 saturated carbocycles. The SMILES string of the molecule is CC(=O)OCCOC(OCCOC(C)=O)OC1C(O[Si](C)(C)C(C)(C)C)[C@@H](CO)O[C@H]1n1ccc(=O)[nH]c1=O. The molecule has 0 amide bonds. The smallest absolute Gasteiger partial charge is 0.330 e. The average Bonchev–Trinajstić information content (AvgIpc) is 3.14. The van der Waals surface area contributed by atoms with E-state index in [9.17, 15) is 24.3 Å². The van der Waals surface area contributed by atoms with Crippen LogP contribution in [0.1, 0.15) is 40.8 Å². The molecule has 2 N–H and O–H groups in total. The molecule has 2 rings (SSSR count). The lowest BCUT2D eigenvalue weighted by Crippen LogP contribution is -2.51. The molecule has 0 radical (unpaired) electrons. The topological polar surface area (TPSA) is 174 Å². The molecule has 39 heavy (non-hydrogen) atoms. The highest BCUT2D eigenvalue weighted by Crippen LogP contribution is 2.42. The van der Waals surface area contributed by atoms with Crippen LogP contribution in [0, 0.1) is 0 Å². The third-order valence-electron chi connectivity index (χ3n) is 6.38. The summed E-state index contributed by atoms with van der Waals surface area (Å²) in [6, 6.07) is 1.15. The quantitative estimate of drug-likeness (QED) is 0.137. The van der Waals surface area contributed by atoms with E-state index in [1.807, 2.05) is 33.9 Å². The summed E-state index contributed by atoms with van der Waals surface area (Å²) in [5, 5.41) is 9.95. The van der Waals surface area contributed by atoms with Crippen LogP contribution in [0.2, 0.25) is 18.1 Å². The largest absolute Gasteiger partial charge is 0.463 e. The van der Waals surface area contributed by atoms with Gasteiger partial charge in [-0.1, -0.05) is 20.8 Å². The van der Waals surface area contributed by atoms with Crippen molar-refractivity contribution in [1.82, 2.24) is 9.55 Å². The van der Waals surface area contributed by atoms with Crippen molar-refractivity contribution < 1.29 is 47.5 Å². The second-order valence-corrected chi connectivity index (χ2v) is 15.2. The summed E-state index contributed by atoms with van der Waals surface area (Å²) in [4.78, 5) is 48.8. The molecule has 14 nitrogen and oxygen atoms in total. The van der Waals surface area contributed by atoms with Crippen LogP contribution in [-0.2, 0) is 42.4 Å². The van der Waals surface area contributed by atoms with E-state index in [2.05, 4.69) is 4.98 Å². The second kappa shape index (κ2) is 14.3. The number of aliphatic hydroxyl groups is 1. The van der Waals surface area contributed by atoms with E-state index >= 15 is 0 Å². The highest BCUT2D eigenvalue weighted by molar-refractivity contribution is 6.74. The summed E-state index contributed by atoms with van der Waals surface area (Å²) < 4.78 is 41.0. The molecular formula is C24H40N2O12Si. The van der Waals surface area contributed by atoms with Gasteiger partial charge in [0.2, 0.25) is 0 Å². The standard InChI is InChI=1S/C24H40N2O12Si/c1-15(28)32-10-12-34-23(35-13-11-33-16(2)29)37-20-19(38-39(6,7)24(3,4)5)17(14-27)36-21(20)26-9-8-18(30)25-22(26)31/h8-9,17,19-21,23,27H,10-14H2,1-7H3,(H,25,30,31)/t17-,19?,20?,21-/m1/s1. The van der Waals surface area contributed by atoms with Crippen LogP contribution in [0.3, 0.4) is 0 Å². The lowest BCUT2D eigenvalue weighted by Gasteiger charge is -2.40. The number of aromatic nitrogens is 2. The van der Waals surface area contributed by atoms with E-state index in [1.165, 1.54) is 20.0 Å². The first-order valence-corrected chi connectivity index (χ1v) is 15.5. The number of nitrogens with one attached hydrogen (secondary N) is 1. The van der Waals surface area contributed by atoms with Gasteiger partial charge in [-0.3, -0.25) is 23.9 Å². The summed E-state index contributed by atoms with van der Waals surface area (Å²) in [5.41, 5.74) is -1.35. The Labute approximate surface area is 227 Å². The van der Waals surface area contributed by atoms with Crippen molar-refractivity contribution in [2.45, 2.75) is 83.8 Å². The first kappa shape index (κ1) is 32.8. The average molecular weight is 577 g/mol. The maximum atomic E-state index is 12.7. The lowest BCUT2D eigenvalue weighted by atomic mass is 10.1. The van der Waals surface area contributed by atoms with Crippen LogP contribution >= 0.6 is 0 Å². The number of ether oxygens (including phenoxy) is 6. The number of carbonyl (C=O) groups excluding carboxylic acids is 2. The molecule has 222 valence electrons. The summed E-state index contributed by atoms with van der Waals surface area (Å²) in [7, 11) is -2.47. The molecular weight excluding hydrogens is 536 g/mol. The van der Waals surface area contributed by atoms with Crippen LogP contribution in [0.4, 0.5) is 0 Å². The molecule has 1 aromatic rings. The zero-order valence-electron chi connectivity index (χ0n) is 23.5. The number of hydrogen-bond acceptors (Lipinski definition) is 12. The zero-order chi connectivity index (χ0) is 29.4. The summed E-state index contributed by atoms with van der Waals surface area (Å²) in [6.07, 6.45) is -2.71. The number of hydrogen-bond donors (Lipinski definition) is 2. The van der Waals surface area contributed by atoms with Gasteiger partial charge in [-0.15, -0.1) is 0 Å². The number of H-pyrrole nitrogens is 1. The van der Waals surface area contributed by atoms with E-state index in [0.717, 1.165) is 10.6 Å². The summed E-state index contributed by atoms with van der Waals surface area (Å²) in [5.74, 6) is -0.996. The molecule has 0 bridgehead atoms. The predicted molar refractivity (Wildman–Crippen MR) is 138 cm³/mol. The highest BCUT2D eigenvalue weighted by Gasteiger charge is 2.52. The molecule has 0 aliphatic carbocycles. The number of aromatic amines is 1. The molecule has 0 spiro atoms. The highest BCUT2D eigenvalue weighted by atomic mass is 28.4. The van der Waals surface area contributed by atoms with Crippen LogP contribution in [0.15, 0.2) is 21.9 Å². The Kier molecular flexibility index (Phi) is 12.0. The van der Waals surface area contributed by atoms with Gasteiger partial charge in [0, 0.05) is 26.1 Å². The van der Waals surface area contributed by atoms with Crippen molar-refractivity contribution in [3.63, 3.8) is 0 Å². The van der Waals surface area contributed by atoms with Crippen molar-refractivity contribution in [2.75, 3.05) is 33.0 Å². The predicted octanol–water partition coefficient (Wildman–Crippen LogP) is 0.645. The first-order chi connectivity index (χ1) is 18.2. The maximum absolute atomic E-state index is 12.7. The minimum Gasteiger partial charge on any atom is -0.463 e. The van der Waals surface area contributed by atoms with Crippen molar-refractivity contribution in [3.8, 4) is 0 Å². The molecule has 0 aromatic carbocycles. The number of esters is 2. The maximum Gasteiger partial charge on any atom is 0.330 e. The molecule has 1 fully saturated rings. The molecule has 1 aliphatic rings. The Balaban J connectivity index is 2.41.